The molecule has 23 heavy (non-hydrogen) atoms. The Labute approximate surface area is 148 Å². The van der Waals surface area contributed by atoms with Crippen molar-refractivity contribution in [3.63, 3.8) is 0 Å². The normalized spacial score (nSPS) is 11.0. The van der Waals surface area contributed by atoms with E-state index in [9.17, 15) is 4.79 Å². The van der Waals surface area contributed by atoms with Gasteiger partial charge in [0.05, 0.1) is 16.4 Å². The van der Waals surface area contributed by atoms with Gasteiger partial charge in [-0.15, -0.1) is 0 Å². The molecule has 1 aromatic carbocycles. The predicted octanol–water partition coefficient (Wildman–Crippen LogP) is 5.11. The first-order valence-corrected chi connectivity index (χ1v) is 8.06. The fourth-order valence-corrected chi connectivity index (χ4v) is 2.82. The fourth-order valence-electron chi connectivity index (χ4n) is 2.33. The first kappa shape index (κ1) is 16.1. The number of nitrogens with zero attached hydrogens (tertiary/aromatic N) is 2. The molecule has 3 aromatic rings. The number of amides is 1. The van der Waals surface area contributed by atoms with Gasteiger partial charge in [-0.25, -0.2) is 4.98 Å². The molecule has 0 aliphatic heterocycles. The van der Waals surface area contributed by atoms with Crippen LogP contribution in [0.3, 0.4) is 0 Å². The van der Waals surface area contributed by atoms with E-state index in [0.717, 1.165) is 0 Å². The van der Waals surface area contributed by atoms with Crippen LogP contribution >= 0.6 is 34.8 Å². The van der Waals surface area contributed by atoms with E-state index >= 15 is 0 Å². The molecule has 3 rings (SSSR count). The van der Waals surface area contributed by atoms with Crippen molar-refractivity contribution in [2.24, 2.45) is 0 Å². The molecule has 2 aromatic heterocycles. The summed E-state index contributed by atoms with van der Waals surface area (Å²) in [4.78, 5) is 17.2. The molecule has 0 radical (unpaired) electrons. The number of aromatic nitrogens is 2. The third-order valence-electron chi connectivity index (χ3n) is 3.39. The quantitative estimate of drug-likeness (QED) is 0.698. The molecular formula is C16H12Cl3N3O. The zero-order valence-corrected chi connectivity index (χ0v) is 14.4. The number of rotatable bonds is 3. The van der Waals surface area contributed by atoms with Crippen LogP contribution in [-0.2, 0) is 6.42 Å². The number of hydrogen-bond donors (Lipinski definition) is 1. The van der Waals surface area contributed by atoms with Crippen LogP contribution in [0, 0.1) is 0 Å². The van der Waals surface area contributed by atoms with Crippen LogP contribution in [0.5, 0.6) is 0 Å². The molecule has 2 heterocycles. The van der Waals surface area contributed by atoms with Gasteiger partial charge in [0.15, 0.2) is 0 Å². The summed E-state index contributed by atoms with van der Waals surface area (Å²) in [6, 6.07) is 8.32. The third-order valence-corrected chi connectivity index (χ3v) is 4.19. The number of aryl methyl sites for hydroxylation is 1. The number of fused-ring (bicyclic) bond motifs is 1. The molecular weight excluding hydrogens is 357 g/mol. The summed E-state index contributed by atoms with van der Waals surface area (Å²) < 4.78 is 1.71. The van der Waals surface area contributed by atoms with E-state index in [1.54, 1.807) is 40.9 Å². The summed E-state index contributed by atoms with van der Waals surface area (Å²) in [7, 11) is 0. The first-order valence-electron chi connectivity index (χ1n) is 6.92. The molecule has 0 aliphatic carbocycles. The Bertz CT molecular complexity index is 905. The molecule has 118 valence electrons. The lowest BCUT2D eigenvalue weighted by atomic mass is 10.2. The van der Waals surface area contributed by atoms with Gasteiger partial charge in [-0.2, -0.15) is 0 Å². The zero-order valence-electron chi connectivity index (χ0n) is 12.1. The van der Waals surface area contributed by atoms with Crippen molar-refractivity contribution in [1.29, 1.82) is 0 Å². The van der Waals surface area contributed by atoms with Crippen molar-refractivity contribution in [2.45, 2.75) is 13.3 Å². The van der Waals surface area contributed by atoms with Crippen LogP contribution in [0.2, 0.25) is 15.1 Å². The van der Waals surface area contributed by atoms with Gasteiger partial charge in [0.25, 0.3) is 5.91 Å². The molecule has 1 N–H and O–H groups in total. The lowest BCUT2D eigenvalue weighted by Gasteiger charge is -2.09. The maximum Gasteiger partial charge on any atom is 0.274 e. The van der Waals surface area contributed by atoms with Crippen molar-refractivity contribution in [3.8, 4) is 0 Å². The second kappa shape index (κ2) is 6.40. The van der Waals surface area contributed by atoms with Gasteiger partial charge < -0.3 is 5.32 Å². The number of halogens is 3. The van der Waals surface area contributed by atoms with Gasteiger partial charge >= 0.3 is 0 Å². The molecule has 0 spiro atoms. The third kappa shape index (κ3) is 3.15. The van der Waals surface area contributed by atoms with Gasteiger partial charge in [0.2, 0.25) is 0 Å². The maximum absolute atomic E-state index is 12.7. The Balaban J connectivity index is 2.05. The molecule has 0 aliphatic rings. The van der Waals surface area contributed by atoms with E-state index in [-0.39, 0.29) is 5.91 Å². The summed E-state index contributed by atoms with van der Waals surface area (Å²) in [5.41, 5.74) is 2.21. The van der Waals surface area contributed by atoms with Crippen LogP contribution in [0.15, 0.2) is 36.5 Å². The monoisotopic (exact) mass is 367 g/mol. The van der Waals surface area contributed by atoms with E-state index < -0.39 is 0 Å². The Morgan fingerprint density at radius 1 is 1.17 bits per heavy atom. The molecule has 0 saturated heterocycles. The fraction of sp³-hybridized carbons (Fsp3) is 0.125. The number of anilines is 1. The average molecular weight is 369 g/mol. The second-order valence-corrected chi connectivity index (χ2v) is 6.19. The minimum absolute atomic E-state index is 0.305. The lowest BCUT2D eigenvalue weighted by molar-refractivity contribution is 0.102. The Morgan fingerprint density at radius 2 is 1.91 bits per heavy atom. The Hall–Kier alpha value is -1.75. The highest BCUT2D eigenvalue weighted by Gasteiger charge is 2.19. The Morgan fingerprint density at radius 3 is 2.65 bits per heavy atom. The molecule has 1 amide bonds. The highest BCUT2D eigenvalue weighted by atomic mass is 35.5. The van der Waals surface area contributed by atoms with Gasteiger partial charge in [-0.1, -0.05) is 41.7 Å². The summed E-state index contributed by atoms with van der Waals surface area (Å²) in [6.45, 7) is 1.94. The van der Waals surface area contributed by atoms with E-state index in [1.807, 2.05) is 6.92 Å². The van der Waals surface area contributed by atoms with Crippen LogP contribution in [0.25, 0.3) is 5.65 Å². The minimum atomic E-state index is -0.305. The van der Waals surface area contributed by atoms with Crippen LogP contribution in [-0.4, -0.2) is 15.3 Å². The SMILES string of the molecule is CCc1nc2cc(Cl)ccn2c1C(=O)Nc1cc(Cl)ccc1Cl. The van der Waals surface area contributed by atoms with Gasteiger partial charge in [0, 0.05) is 22.3 Å². The van der Waals surface area contributed by atoms with Crippen molar-refractivity contribution in [1.82, 2.24) is 9.38 Å². The van der Waals surface area contributed by atoms with Crippen molar-refractivity contribution < 1.29 is 4.79 Å². The number of hydrogen-bond acceptors (Lipinski definition) is 2. The summed E-state index contributed by atoms with van der Waals surface area (Å²) in [5, 5.41) is 4.26. The topological polar surface area (TPSA) is 46.4 Å². The smallest absolute Gasteiger partial charge is 0.274 e. The molecule has 0 unspecified atom stereocenters. The lowest BCUT2D eigenvalue weighted by Crippen LogP contribution is -2.16. The number of carbonyl (C=O) groups is 1. The summed E-state index contributed by atoms with van der Waals surface area (Å²) in [5.74, 6) is -0.305. The second-order valence-electron chi connectivity index (χ2n) is 4.91. The van der Waals surface area contributed by atoms with E-state index in [4.69, 9.17) is 34.8 Å². The number of benzene rings is 1. The molecule has 0 fully saturated rings. The highest BCUT2D eigenvalue weighted by Crippen LogP contribution is 2.26. The largest absolute Gasteiger partial charge is 0.319 e. The summed E-state index contributed by atoms with van der Waals surface area (Å²) in [6.07, 6.45) is 2.34. The maximum atomic E-state index is 12.7. The van der Waals surface area contributed by atoms with Gasteiger partial charge in [0.1, 0.15) is 11.3 Å². The van der Waals surface area contributed by atoms with Crippen LogP contribution < -0.4 is 5.32 Å². The minimum Gasteiger partial charge on any atom is -0.319 e. The molecule has 7 heteroatoms. The van der Waals surface area contributed by atoms with E-state index in [2.05, 4.69) is 10.3 Å². The van der Waals surface area contributed by atoms with E-state index in [1.165, 1.54) is 0 Å². The molecule has 0 bridgehead atoms. The summed E-state index contributed by atoms with van der Waals surface area (Å²) >= 11 is 18.0. The number of nitrogens with one attached hydrogen (secondary N) is 1. The number of pyridine rings is 1. The molecule has 0 saturated carbocycles. The van der Waals surface area contributed by atoms with Gasteiger partial charge in [-0.05, 0) is 30.7 Å². The van der Waals surface area contributed by atoms with Gasteiger partial charge in [-0.3, -0.25) is 9.20 Å². The van der Waals surface area contributed by atoms with Crippen molar-refractivity contribution in [2.75, 3.05) is 5.32 Å². The molecule has 4 nitrogen and oxygen atoms in total. The molecule has 0 atom stereocenters. The highest BCUT2D eigenvalue weighted by molar-refractivity contribution is 6.36. The van der Waals surface area contributed by atoms with Crippen LogP contribution in [0.4, 0.5) is 5.69 Å². The van der Waals surface area contributed by atoms with E-state index in [0.29, 0.717) is 44.2 Å². The van der Waals surface area contributed by atoms with Crippen molar-refractivity contribution >= 4 is 52.0 Å². The Kier molecular flexibility index (Phi) is 4.48. The van der Waals surface area contributed by atoms with Crippen molar-refractivity contribution in [3.05, 3.63) is 63.0 Å². The number of imidazole rings is 1. The average Bonchev–Trinajstić information content (AvgIpc) is 2.88. The predicted molar refractivity (Wildman–Crippen MR) is 94.0 cm³/mol. The number of carbonyl (C=O) groups excluding carboxylic acids is 1. The standard InChI is InChI=1S/C16H12Cl3N3O/c1-2-12-15(22-6-5-10(18)8-14(22)20-12)16(23)21-13-7-9(17)3-4-11(13)19/h3-8H,2H2,1H3,(H,21,23). The zero-order chi connectivity index (χ0) is 16.6. The van der Waals surface area contributed by atoms with Crippen LogP contribution in [0.1, 0.15) is 23.1 Å². The first-order chi connectivity index (χ1) is 11.0.